The van der Waals surface area contributed by atoms with E-state index in [1.165, 1.54) is 0 Å². The van der Waals surface area contributed by atoms with Gasteiger partial charge in [0, 0.05) is 19.0 Å². The molecule has 0 aliphatic carbocycles. The fourth-order valence-corrected chi connectivity index (χ4v) is 2.06. The first-order valence-electron chi connectivity index (χ1n) is 7.42. The maximum Gasteiger partial charge on any atom is 0.410 e. The molecule has 5 nitrogen and oxygen atoms in total. The lowest BCUT2D eigenvalue weighted by atomic mass is 9.97. The monoisotopic (exact) mass is 319 g/mol. The van der Waals surface area contributed by atoms with Crippen LogP contribution in [-0.2, 0) is 14.3 Å². The van der Waals surface area contributed by atoms with E-state index in [9.17, 15) is 9.59 Å². The predicted molar refractivity (Wildman–Crippen MR) is 81.1 cm³/mol. The first-order chi connectivity index (χ1) is 9.60. The molecular weight excluding hydrogens is 294 g/mol. The van der Waals surface area contributed by atoms with Crippen molar-refractivity contribution in [2.24, 2.45) is 11.8 Å². The van der Waals surface area contributed by atoms with Crippen LogP contribution in [0, 0.1) is 11.8 Å². The predicted octanol–water partition coefficient (Wildman–Crippen LogP) is 3.40. The van der Waals surface area contributed by atoms with E-state index in [-0.39, 0.29) is 23.9 Å². The molecule has 1 aliphatic heterocycles. The first kappa shape index (κ1) is 18.1. The van der Waals surface area contributed by atoms with Gasteiger partial charge in [0.15, 0.2) is 5.56 Å². The second kappa shape index (κ2) is 7.34. The Morgan fingerprint density at radius 3 is 2.14 bits per heavy atom. The summed E-state index contributed by atoms with van der Waals surface area (Å²) in [6, 6.07) is 0. The summed E-state index contributed by atoms with van der Waals surface area (Å²) in [6.07, 6.45) is 0.839. The highest BCUT2D eigenvalue weighted by molar-refractivity contribution is 6.20. The quantitative estimate of drug-likeness (QED) is 0.591. The van der Waals surface area contributed by atoms with E-state index >= 15 is 0 Å². The summed E-state index contributed by atoms with van der Waals surface area (Å²) in [4.78, 5) is 25.5. The zero-order valence-electron chi connectivity index (χ0n) is 13.5. The van der Waals surface area contributed by atoms with Crippen molar-refractivity contribution in [1.82, 2.24) is 4.90 Å². The lowest BCUT2D eigenvalue weighted by molar-refractivity contribution is -0.153. The number of hydrogen-bond donors (Lipinski definition) is 0. The van der Waals surface area contributed by atoms with Crippen LogP contribution in [-0.4, -0.2) is 41.2 Å². The van der Waals surface area contributed by atoms with Gasteiger partial charge in [-0.15, -0.1) is 0 Å². The normalized spacial score (nSPS) is 18.5. The van der Waals surface area contributed by atoms with Gasteiger partial charge in [-0.3, -0.25) is 4.79 Å². The maximum atomic E-state index is 12.0. The van der Waals surface area contributed by atoms with Gasteiger partial charge < -0.3 is 14.4 Å². The van der Waals surface area contributed by atoms with Crippen LogP contribution < -0.4 is 0 Å². The Bertz CT molecular complexity index is 370. The van der Waals surface area contributed by atoms with Crippen LogP contribution in [0.1, 0.15) is 47.5 Å². The lowest BCUT2D eigenvalue weighted by Crippen LogP contribution is -2.43. The molecule has 0 N–H and O–H groups in total. The summed E-state index contributed by atoms with van der Waals surface area (Å²) in [5, 5.41) is 0. The van der Waals surface area contributed by atoms with Gasteiger partial charge in [0.05, 0.1) is 5.92 Å². The van der Waals surface area contributed by atoms with Gasteiger partial charge in [0.25, 0.3) is 0 Å². The fourth-order valence-electron chi connectivity index (χ4n) is 1.97. The van der Waals surface area contributed by atoms with Gasteiger partial charge >= 0.3 is 12.1 Å². The van der Waals surface area contributed by atoms with E-state index in [1.54, 1.807) is 4.90 Å². The third kappa shape index (κ3) is 6.12. The van der Waals surface area contributed by atoms with Crippen molar-refractivity contribution in [3.63, 3.8) is 0 Å². The largest absolute Gasteiger partial charge is 0.445 e. The molecule has 0 radical (unpaired) electrons. The second-order valence-corrected chi connectivity index (χ2v) is 7.20. The molecule has 0 aromatic heterocycles. The average molecular weight is 320 g/mol. The molecule has 1 heterocycles. The van der Waals surface area contributed by atoms with Crippen LogP contribution in [0.5, 0.6) is 0 Å². The van der Waals surface area contributed by atoms with E-state index in [2.05, 4.69) is 0 Å². The van der Waals surface area contributed by atoms with E-state index in [1.807, 2.05) is 34.6 Å². The van der Waals surface area contributed by atoms with Gasteiger partial charge in [-0.2, -0.15) is 0 Å². The summed E-state index contributed by atoms with van der Waals surface area (Å²) >= 11 is 5.95. The van der Waals surface area contributed by atoms with Gasteiger partial charge in [0.1, 0.15) is 5.60 Å². The zero-order chi connectivity index (χ0) is 16.2. The number of amides is 1. The van der Waals surface area contributed by atoms with E-state index in [4.69, 9.17) is 21.1 Å². The number of esters is 1. The fraction of sp³-hybridized carbons (Fsp3) is 0.867. The van der Waals surface area contributed by atoms with Crippen molar-refractivity contribution in [3.8, 4) is 0 Å². The van der Waals surface area contributed by atoms with Gasteiger partial charge in [-0.1, -0.05) is 25.4 Å². The maximum absolute atomic E-state index is 12.0. The van der Waals surface area contributed by atoms with Crippen molar-refractivity contribution in [2.75, 3.05) is 13.1 Å². The summed E-state index contributed by atoms with van der Waals surface area (Å²) in [6.45, 7) is 10.3. The highest BCUT2D eigenvalue weighted by Crippen LogP contribution is 2.23. The summed E-state index contributed by atoms with van der Waals surface area (Å²) < 4.78 is 10.5. The van der Waals surface area contributed by atoms with Gasteiger partial charge in [0.2, 0.25) is 0 Å². The molecule has 1 rings (SSSR count). The van der Waals surface area contributed by atoms with Crippen LogP contribution in [0.15, 0.2) is 0 Å². The van der Waals surface area contributed by atoms with Crippen molar-refractivity contribution in [2.45, 2.75) is 58.6 Å². The number of alkyl halides is 1. The average Bonchev–Trinajstić information content (AvgIpc) is 2.36. The van der Waals surface area contributed by atoms with Crippen LogP contribution in [0.3, 0.4) is 0 Å². The Balaban J connectivity index is 2.41. The molecule has 0 spiro atoms. The van der Waals surface area contributed by atoms with E-state index in [0.717, 1.165) is 0 Å². The standard InChI is InChI=1S/C15H26ClNO4/c1-10(2)12(16)20-13(18)11-6-8-17(9-7-11)14(19)21-15(3,4)5/h10-12H,6-9H2,1-5H3. The van der Waals surface area contributed by atoms with E-state index in [0.29, 0.717) is 25.9 Å². The van der Waals surface area contributed by atoms with Crippen molar-refractivity contribution >= 4 is 23.7 Å². The minimum absolute atomic E-state index is 0.0810. The molecule has 0 bridgehead atoms. The molecular formula is C15H26ClNO4. The Morgan fingerprint density at radius 1 is 1.19 bits per heavy atom. The minimum atomic E-state index is -0.596. The Morgan fingerprint density at radius 2 is 1.71 bits per heavy atom. The van der Waals surface area contributed by atoms with Crippen molar-refractivity contribution in [3.05, 3.63) is 0 Å². The highest BCUT2D eigenvalue weighted by Gasteiger charge is 2.31. The molecule has 21 heavy (non-hydrogen) atoms. The smallest absolute Gasteiger partial charge is 0.410 e. The van der Waals surface area contributed by atoms with Gasteiger partial charge in [-0.25, -0.2) is 4.79 Å². The summed E-state index contributed by atoms with van der Waals surface area (Å²) in [5.41, 5.74) is -1.10. The molecule has 0 aromatic rings. The van der Waals surface area contributed by atoms with Crippen LogP contribution in [0.25, 0.3) is 0 Å². The molecule has 6 heteroatoms. The van der Waals surface area contributed by atoms with E-state index < -0.39 is 11.2 Å². The van der Waals surface area contributed by atoms with Gasteiger partial charge in [-0.05, 0) is 33.6 Å². The molecule has 1 amide bonds. The number of ether oxygens (including phenoxy) is 2. The molecule has 0 saturated carbocycles. The topological polar surface area (TPSA) is 55.8 Å². The molecule has 122 valence electrons. The minimum Gasteiger partial charge on any atom is -0.445 e. The zero-order valence-corrected chi connectivity index (χ0v) is 14.3. The Kier molecular flexibility index (Phi) is 6.32. The third-order valence-corrected chi connectivity index (χ3v) is 3.83. The first-order valence-corrected chi connectivity index (χ1v) is 7.86. The Labute approximate surface area is 131 Å². The molecule has 1 fully saturated rings. The number of carbonyl (C=O) groups excluding carboxylic acids is 2. The summed E-state index contributed by atoms with van der Waals surface area (Å²) in [5.74, 6) is -0.381. The molecule has 0 aromatic carbocycles. The SMILES string of the molecule is CC(C)C(Cl)OC(=O)C1CCN(C(=O)OC(C)(C)C)CC1. The number of likely N-dealkylation sites (tertiary alicyclic amines) is 1. The van der Waals surface area contributed by atoms with Crippen LogP contribution in [0.4, 0.5) is 4.79 Å². The third-order valence-electron chi connectivity index (χ3n) is 3.23. The number of carbonyl (C=O) groups is 2. The number of rotatable bonds is 3. The number of hydrogen-bond acceptors (Lipinski definition) is 4. The van der Waals surface area contributed by atoms with Crippen LogP contribution >= 0.6 is 11.6 Å². The molecule has 1 atom stereocenters. The lowest BCUT2D eigenvalue weighted by Gasteiger charge is -2.33. The molecule has 1 aliphatic rings. The Hall–Kier alpha value is -0.970. The van der Waals surface area contributed by atoms with Crippen molar-refractivity contribution in [1.29, 1.82) is 0 Å². The highest BCUT2D eigenvalue weighted by atomic mass is 35.5. The van der Waals surface area contributed by atoms with Crippen molar-refractivity contribution < 1.29 is 19.1 Å². The second-order valence-electron chi connectivity index (χ2n) is 6.77. The number of halogens is 1. The number of nitrogens with zero attached hydrogens (tertiary/aromatic N) is 1. The number of piperidine rings is 1. The molecule has 1 saturated heterocycles. The molecule has 1 unspecified atom stereocenters. The van der Waals surface area contributed by atoms with Crippen LogP contribution in [0.2, 0.25) is 0 Å². The summed E-state index contributed by atoms with van der Waals surface area (Å²) in [7, 11) is 0.